The minimum atomic E-state index is -3.99. The highest BCUT2D eigenvalue weighted by Gasteiger charge is 2.32. The molecule has 2 atom stereocenters. The monoisotopic (exact) mass is 327 g/mol. The molecular formula is C13H13NO5S2. The molecule has 0 aliphatic carbocycles. The Labute approximate surface area is 125 Å². The number of benzene rings is 1. The minimum Gasteiger partial charge on any atom is -0.480 e. The summed E-state index contributed by atoms with van der Waals surface area (Å²) in [6, 6.07) is 9.27. The number of aliphatic hydroxyl groups excluding tert-OH is 1. The van der Waals surface area contributed by atoms with Gasteiger partial charge in [0.25, 0.3) is 10.0 Å². The van der Waals surface area contributed by atoms with Gasteiger partial charge in [-0.15, -0.1) is 11.3 Å². The Balaban J connectivity index is 2.27. The fourth-order valence-electron chi connectivity index (χ4n) is 1.73. The Bertz CT molecular complexity index is 697. The molecule has 3 N–H and O–H groups in total. The lowest BCUT2D eigenvalue weighted by atomic mass is 10.0. The first-order chi connectivity index (χ1) is 9.92. The first-order valence-electron chi connectivity index (χ1n) is 5.93. The van der Waals surface area contributed by atoms with Crippen LogP contribution >= 0.6 is 11.3 Å². The summed E-state index contributed by atoms with van der Waals surface area (Å²) in [6.45, 7) is 0. The van der Waals surface area contributed by atoms with Crippen LogP contribution in [0, 0.1) is 0 Å². The quantitative estimate of drug-likeness (QED) is 0.740. The molecule has 0 saturated carbocycles. The fraction of sp³-hybridized carbons (Fsp3) is 0.154. The molecule has 2 aromatic rings. The van der Waals surface area contributed by atoms with Crippen molar-refractivity contribution in [1.82, 2.24) is 4.72 Å². The average Bonchev–Trinajstić information content (AvgIpc) is 3.00. The van der Waals surface area contributed by atoms with E-state index in [0.717, 1.165) is 11.3 Å². The zero-order chi connectivity index (χ0) is 15.5. The van der Waals surface area contributed by atoms with Crippen LogP contribution in [0.3, 0.4) is 0 Å². The highest BCUT2D eigenvalue weighted by molar-refractivity contribution is 7.91. The maximum Gasteiger partial charge on any atom is 0.324 e. The summed E-state index contributed by atoms with van der Waals surface area (Å²) in [7, 11) is -3.99. The molecule has 0 radical (unpaired) electrons. The lowest BCUT2D eigenvalue weighted by molar-refractivity contribution is -0.141. The third-order valence-electron chi connectivity index (χ3n) is 2.76. The molecule has 21 heavy (non-hydrogen) atoms. The Morgan fingerprint density at radius 2 is 1.81 bits per heavy atom. The van der Waals surface area contributed by atoms with Crippen LogP contribution in [-0.4, -0.2) is 30.6 Å². The van der Waals surface area contributed by atoms with Crippen molar-refractivity contribution in [3.8, 4) is 0 Å². The van der Waals surface area contributed by atoms with Crippen LogP contribution in [0.4, 0.5) is 0 Å². The summed E-state index contributed by atoms with van der Waals surface area (Å²) < 4.78 is 26.2. The normalized spacial score (nSPS) is 14.5. The van der Waals surface area contributed by atoms with Gasteiger partial charge in [0.05, 0.1) is 0 Å². The van der Waals surface area contributed by atoms with E-state index in [1.54, 1.807) is 29.6 Å². The minimum absolute atomic E-state index is 0.00554. The average molecular weight is 327 g/mol. The molecule has 2 unspecified atom stereocenters. The first kappa shape index (κ1) is 15.6. The third-order valence-corrected chi connectivity index (χ3v) is 5.60. The fourth-order valence-corrected chi connectivity index (χ4v) is 3.94. The van der Waals surface area contributed by atoms with E-state index in [-0.39, 0.29) is 4.21 Å². The molecule has 1 heterocycles. The highest BCUT2D eigenvalue weighted by atomic mass is 32.2. The van der Waals surface area contributed by atoms with Crippen LogP contribution in [0.5, 0.6) is 0 Å². The van der Waals surface area contributed by atoms with Gasteiger partial charge in [-0.05, 0) is 17.0 Å². The lowest BCUT2D eigenvalue weighted by Crippen LogP contribution is -2.44. The van der Waals surface area contributed by atoms with Crippen molar-refractivity contribution < 1.29 is 23.4 Å². The van der Waals surface area contributed by atoms with Gasteiger partial charge < -0.3 is 10.2 Å². The number of aliphatic carboxylic acids is 1. The highest BCUT2D eigenvalue weighted by Crippen LogP contribution is 2.21. The molecule has 0 saturated heterocycles. The summed E-state index contributed by atoms with van der Waals surface area (Å²) in [4.78, 5) is 11.3. The molecule has 0 fully saturated rings. The summed E-state index contributed by atoms with van der Waals surface area (Å²) in [5.41, 5.74) is 0.318. The van der Waals surface area contributed by atoms with E-state index in [1.165, 1.54) is 18.2 Å². The number of carbonyl (C=O) groups is 1. The smallest absolute Gasteiger partial charge is 0.324 e. The third kappa shape index (κ3) is 3.67. The maximum atomic E-state index is 12.1. The molecule has 6 nitrogen and oxygen atoms in total. The van der Waals surface area contributed by atoms with Crippen LogP contribution in [-0.2, 0) is 14.8 Å². The van der Waals surface area contributed by atoms with Crippen LogP contribution in [0.15, 0.2) is 52.1 Å². The molecule has 0 bridgehead atoms. The molecule has 112 valence electrons. The zero-order valence-electron chi connectivity index (χ0n) is 10.7. The Hall–Kier alpha value is -1.74. The van der Waals surface area contributed by atoms with E-state index < -0.39 is 28.1 Å². The summed E-state index contributed by atoms with van der Waals surface area (Å²) >= 11 is 0.966. The van der Waals surface area contributed by atoms with E-state index in [1.807, 2.05) is 4.72 Å². The van der Waals surface area contributed by atoms with Gasteiger partial charge in [0.15, 0.2) is 0 Å². The van der Waals surface area contributed by atoms with E-state index in [4.69, 9.17) is 0 Å². The molecular weight excluding hydrogens is 314 g/mol. The molecule has 1 aromatic carbocycles. The van der Waals surface area contributed by atoms with Crippen molar-refractivity contribution in [3.05, 3.63) is 53.4 Å². The zero-order valence-corrected chi connectivity index (χ0v) is 12.3. The standard InChI is InChI=1S/C13H13NO5S2/c15-12(9-5-2-1-3-6-9)11(13(16)17)14-21(18,19)10-7-4-8-20-10/h1-8,11-12,14-15H,(H,16,17). The Morgan fingerprint density at radius 1 is 1.14 bits per heavy atom. The van der Waals surface area contributed by atoms with E-state index >= 15 is 0 Å². The van der Waals surface area contributed by atoms with E-state index in [9.17, 15) is 23.4 Å². The SMILES string of the molecule is O=C(O)C(NS(=O)(=O)c1cccs1)C(O)c1ccccc1. The van der Waals surface area contributed by atoms with Gasteiger partial charge in [0.1, 0.15) is 16.4 Å². The number of rotatable bonds is 6. The second-order valence-electron chi connectivity index (χ2n) is 4.22. The Morgan fingerprint density at radius 3 is 2.33 bits per heavy atom. The maximum absolute atomic E-state index is 12.1. The van der Waals surface area contributed by atoms with Gasteiger partial charge in [0.2, 0.25) is 0 Å². The molecule has 0 aliphatic heterocycles. The number of nitrogens with one attached hydrogen (secondary N) is 1. The van der Waals surface area contributed by atoms with Crippen molar-refractivity contribution in [2.45, 2.75) is 16.4 Å². The molecule has 0 amide bonds. The molecule has 0 aliphatic rings. The van der Waals surface area contributed by atoms with Crippen molar-refractivity contribution >= 4 is 27.3 Å². The van der Waals surface area contributed by atoms with E-state index in [0.29, 0.717) is 5.56 Å². The number of carboxylic acids is 1. The van der Waals surface area contributed by atoms with Crippen LogP contribution in [0.25, 0.3) is 0 Å². The molecule has 2 rings (SSSR count). The second-order valence-corrected chi connectivity index (χ2v) is 7.11. The van der Waals surface area contributed by atoms with Crippen LogP contribution in [0.2, 0.25) is 0 Å². The predicted molar refractivity (Wildman–Crippen MR) is 77.5 cm³/mol. The van der Waals surface area contributed by atoms with Crippen molar-refractivity contribution in [2.75, 3.05) is 0 Å². The van der Waals surface area contributed by atoms with Gasteiger partial charge in [-0.25, -0.2) is 8.42 Å². The number of thiophene rings is 1. The molecule has 1 aromatic heterocycles. The van der Waals surface area contributed by atoms with Crippen molar-refractivity contribution in [3.63, 3.8) is 0 Å². The van der Waals surface area contributed by atoms with Gasteiger partial charge in [-0.1, -0.05) is 36.4 Å². The van der Waals surface area contributed by atoms with Crippen LogP contribution in [0.1, 0.15) is 11.7 Å². The second kappa shape index (κ2) is 6.35. The number of hydrogen-bond donors (Lipinski definition) is 3. The van der Waals surface area contributed by atoms with Gasteiger partial charge in [-0.3, -0.25) is 4.79 Å². The summed E-state index contributed by atoms with van der Waals surface area (Å²) in [6.07, 6.45) is -1.49. The van der Waals surface area contributed by atoms with Gasteiger partial charge >= 0.3 is 5.97 Å². The lowest BCUT2D eigenvalue weighted by Gasteiger charge is -2.20. The van der Waals surface area contributed by atoms with Crippen LogP contribution < -0.4 is 4.72 Å². The Kier molecular flexibility index (Phi) is 4.73. The molecule has 0 spiro atoms. The summed E-state index contributed by atoms with van der Waals surface area (Å²) in [5.74, 6) is -1.45. The van der Waals surface area contributed by atoms with Crippen molar-refractivity contribution in [2.24, 2.45) is 0 Å². The number of hydrogen-bond acceptors (Lipinski definition) is 5. The molecule has 8 heteroatoms. The number of sulfonamides is 1. The topological polar surface area (TPSA) is 104 Å². The van der Waals surface area contributed by atoms with Gasteiger partial charge in [-0.2, -0.15) is 4.72 Å². The van der Waals surface area contributed by atoms with Crippen molar-refractivity contribution in [1.29, 1.82) is 0 Å². The van der Waals surface area contributed by atoms with E-state index in [2.05, 4.69) is 0 Å². The summed E-state index contributed by atoms with van der Waals surface area (Å²) in [5, 5.41) is 20.9. The predicted octanol–water partition coefficient (Wildman–Crippen LogP) is 1.21. The van der Waals surface area contributed by atoms with Gasteiger partial charge in [0, 0.05) is 0 Å². The largest absolute Gasteiger partial charge is 0.480 e. The number of carboxylic acid groups (broad SMARTS) is 1. The first-order valence-corrected chi connectivity index (χ1v) is 8.30. The number of aliphatic hydroxyl groups is 1.